The minimum absolute atomic E-state index is 0.608. The van der Waals surface area contributed by atoms with E-state index in [1.807, 2.05) is 0 Å². The van der Waals surface area contributed by atoms with E-state index >= 15 is 0 Å². The molecule has 0 aromatic rings. The van der Waals surface area contributed by atoms with Crippen LogP contribution in [0.2, 0.25) is 0 Å². The third-order valence-corrected chi connectivity index (χ3v) is 3.96. The van der Waals surface area contributed by atoms with E-state index in [1.165, 1.54) is 19.3 Å². The van der Waals surface area contributed by atoms with E-state index < -0.39 is 0 Å². The fourth-order valence-corrected chi connectivity index (χ4v) is 3.26. The van der Waals surface area contributed by atoms with Crippen molar-refractivity contribution in [3.63, 3.8) is 0 Å². The van der Waals surface area contributed by atoms with Crippen LogP contribution in [0.5, 0.6) is 0 Å². The molecule has 0 aromatic carbocycles. The summed E-state index contributed by atoms with van der Waals surface area (Å²) in [4.78, 5) is 0. The van der Waals surface area contributed by atoms with E-state index in [2.05, 4.69) is 0 Å². The van der Waals surface area contributed by atoms with Crippen LogP contribution < -0.4 is 5.73 Å². The summed E-state index contributed by atoms with van der Waals surface area (Å²) < 4.78 is 0. The number of nitrogens with two attached hydrogens (primary N) is 1. The first-order valence-electron chi connectivity index (χ1n) is 4.13. The van der Waals surface area contributed by atoms with E-state index in [-0.39, 0.29) is 0 Å². The highest BCUT2D eigenvalue weighted by molar-refractivity contribution is 5.13. The maximum Gasteiger partial charge on any atom is 0.00755 e. The Morgan fingerprint density at radius 1 is 1.00 bits per heavy atom. The number of rotatable bonds is 0. The molecular weight excluding hydrogens is 110 g/mol. The summed E-state index contributed by atoms with van der Waals surface area (Å²) >= 11 is 0. The van der Waals surface area contributed by atoms with Crippen molar-refractivity contribution in [3.05, 3.63) is 0 Å². The van der Waals surface area contributed by atoms with Gasteiger partial charge in [0.05, 0.1) is 0 Å². The van der Waals surface area contributed by atoms with Crippen LogP contribution in [0, 0.1) is 23.7 Å². The minimum Gasteiger partial charge on any atom is -0.327 e. The van der Waals surface area contributed by atoms with Crippen molar-refractivity contribution < 1.29 is 0 Å². The Morgan fingerprint density at radius 3 is 2.11 bits per heavy atom. The third-order valence-electron chi connectivity index (χ3n) is 3.96. The Bertz CT molecular complexity index is 149. The molecule has 0 radical (unpaired) electrons. The van der Waals surface area contributed by atoms with Gasteiger partial charge in [-0.2, -0.15) is 0 Å². The van der Waals surface area contributed by atoms with Crippen LogP contribution in [0.1, 0.15) is 19.3 Å². The lowest BCUT2D eigenvalue weighted by molar-refractivity contribution is -0.177. The van der Waals surface area contributed by atoms with E-state index in [0.717, 1.165) is 23.7 Å². The SMILES string of the molecule is NC1CC2C3CCC3C12. The molecule has 3 aliphatic carbocycles. The molecule has 0 heterocycles. The summed E-state index contributed by atoms with van der Waals surface area (Å²) in [5, 5.41) is 0. The molecule has 3 saturated carbocycles. The second-order valence-electron chi connectivity index (χ2n) is 4.05. The van der Waals surface area contributed by atoms with Gasteiger partial charge in [0.1, 0.15) is 0 Å². The average Bonchev–Trinajstić information content (AvgIpc) is 1.79. The fraction of sp³-hybridized carbons (Fsp3) is 1.00. The van der Waals surface area contributed by atoms with Crippen LogP contribution >= 0.6 is 0 Å². The van der Waals surface area contributed by atoms with Gasteiger partial charge in [-0.15, -0.1) is 0 Å². The molecule has 0 aliphatic heterocycles. The van der Waals surface area contributed by atoms with Crippen molar-refractivity contribution in [2.75, 3.05) is 0 Å². The molecule has 0 spiro atoms. The molecule has 5 unspecified atom stereocenters. The number of hydrogen-bond donors (Lipinski definition) is 1. The quantitative estimate of drug-likeness (QED) is 0.510. The van der Waals surface area contributed by atoms with Crippen molar-refractivity contribution in [2.24, 2.45) is 29.4 Å². The summed E-state index contributed by atoms with van der Waals surface area (Å²) in [6, 6.07) is 0.608. The molecule has 0 amide bonds. The second-order valence-corrected chi connectivity index (χ2v) is 4.05. The fourth-order valence-electron chi connectivity index (χ4n) is 3.26. The van der Waals surface area contributed by atoms with Crippen molar-refractivity contribution in [2.45, 2.75) is 25.3 Å². The molecule has 1 heteroatoms. The lowest BCUT2D eigenvalue weighted by atomic mass is 9.38. The van der Waals surface area contributed by atoms with Gasteiger partial charge in [0.2, 0.25) is 0 Å². The Balaban J connectivity index is 1.82. The number of fused-ring (bicyclic) bond motifs is 4. The normalized spacial score (nSPS) is 68.3. The monoisotopic (exact) mass is 123 g/mol. The molecule has 50 valence electrons. The van der Waals surface area contributed by atoms with Crippen LogP contribution in [0.15, 0.2) is 0 Å². The zero-order chi connectivity index (χ0) is 6.01. The van der Waals surface area contributed by atoms with E-state index in [0.29, 0.717) is 6.04 Å². The summed E-state index contributed by atoms with van der Waals surface area (Å²) in [5.74, 6) is 4.33. The lowest BCUT2D eigenvalue weighted by Gasteiger charge is -2.68. The van der Waals surface area contributed by atoms with Crippen molar-refractivity contribution >= 4 is 0 Å². The van der Waals surface area contributed by atoms with Gasteiger partial charge in [0.25, 0.3) is 0 Å². The summed E-state index contributed by atoms with van der Waals surface area (Å²) in [7, 11) is 0. The minimum atomic E-state index is 0.608. The summed E-state index contributed by atoms with van der Waals surface area (Å²) in [6.07, 6.45) is 4.38. The first kappa shape index (κ1) is 4.73. The standard InChI is InChI=1S/C8H13N/c9-7-3-6-4-1-2-5(4)8(6)7/h4-8H,1-3,9H2. The smallest absolute Gasteiger partial charge is 0.00755 e. The first-order chi connectivity index (χ1) is 4.38. The van der Waals surface area contributed by atoms with Gasteiger partial charge in [-0.3, -0.25) is 0 Å². The molecule has 3 aliphatic rings. The highest BCUT2D eigenvalue weighted by Gasteiger charge is 2.62. The lowest BCUT2D eigenvalue weighted by Crippen LogP contribution is -2.67. The van der Waals surface area contributed by atoms with Gasteiger partial charge in [-0.1, -0.05) is 0 Å². The van der Waals surface area contributed by atoms with Crippen molar-refractivity contribution in [1.82, 2.24) is 0 Å². The van der Waals surface area contributed by atoms with Crippen LogP contribution in [-0.4, -0.2) is 6.04 Å². The third kappa shape index (κ3) is 0.337. The average molecular weight is 123 g/mol. The Hall–Kier alpha value is -0.0400. The molecule has 0 aromatic heterocycles. The van der Waals surface area contributed by atoms with Crippen LogP contribution in [0.4, 0.5) is 0 Å². The molecule has 5 atom stereocenters. The van der Waals surface area contributed by atoms with E-state index in [1.54, 1.807) is 0 Å². The van der Waals surface area contributed by atoms with E-state index in [9.17, 15) is 0 Å². The molecule has 3 rings (SSSR count). The topological polar surface area (TPSA) is 26.0 Å². The van der Waals surface area contributed by atoms with Crippen molar-refractivity contribution in [3.8, 4) is 0 Å². The highest BCUT2D eigenvalue weighted by atomic mass is 14.8. The maximum atomic E-state index is 5.85. The van der Waals surface area contributed by atoms with E-state index in [4.69, 9.17) is 5.73 Å². The first-order valence-corrected chi connectivity index (χ1v) is 4.13. The maximum absolute atomic E-state index is 5.85. The van der Waals surface area contributed by atoms with Crippen LogP contribution in [-0.2, 0) is 0 Å². The van der Waals surface area contributed by atoms with Gasteiger partial charge in [0.15, 0.2) is 0 Å². The van der Waals surface area contributed by atoms with Gasteiger partial charge in [0, 0.05) is 6.04 Å². The molecule has 9 heavy (non-hydrogen) atoms. The Labute approximate surface area is 55.6 Å². The molecule has 2 N–H and O–H groups in total. The molecular formula is C8H13N. The summed E-state index contributed by atoms with van der Waals surface area (Å²) in [6.45, 7) is 0. The van der Waals surface area contributed by atoms with Crippen molar-refractivity contribution in [1.29, 1.82) is 0 Å². The van der Waals surface area contributed by atoms with Crippen LogP contribution in [0.3, 0.4) is 0 Å². The van der Waals surface area contributed by atoms with Gasteiger partial charge in [-0.25, -0.2) is 0 Å². The Kier molecular flexibility index (Phi) is 0.628. The zero-order valence-electron chi connectivity index (χ0n) is 5.59. The predicted molar refractivity (Wildman–Crippen MR) is 35.8 cm³/mol. The van der Waals surface area contributed by atoms with Gasteiger partial charge < -0.3 is 5.73 Å². The molecule has 3 fully saturated rings. The van der Waals surface area contributed by atoms with Crippen LogP contribution in [0.25, 0.3) is 0 Å². The zero-order valence-corrected chi connectivity index (χ0v) is 5.59. The Morgan fingerprint density at radius 2 is 1.78 bits per heavy atom. The molecule has 1 nitrogen and oxygen atoms in total. The second kappa shape index (κ2) is 1.20. The van der Waals surface area contributed by atoms with Gasteiger partial charge >= 0.3 is 0 Å². The summed E-state index contributed by atoms with van der Waals surface area (Å²) in [5.41, 5.74) is 5.85. The molecule has 0 saturated heterocycles. The largest absolute Gasteiger partial charge is 0.327 e. The molecule has 0 bridgehead atoms. The highest BCUT2D eigenvalue weighted by Crippen LogP contribution is 2.66. The van der Waals surface area contributed by atoms with Gasteiger partial charge in [-0.05, 0) is 42.9 Å². The predicted octanol–water partition coefficient (Wildman–Crippen LogP) is 0.990. The number of hydrogen-bond acceptors (Lipinski definition) is 1.